The van der Waals surface area contributed by atoms with Gasteiger partial charge in [-0.1, -0.05) is 29.8 Å². The van der Waals surface area contributed by atoms with E-state index >= 15 is 0 Å². The number of rotatable bonds is 8. The second-order valence-electron chi connectivity index (χ2n) is 6.81. The fourth-order valence-electron chi connectivity index (χ4n) is 3.23. The Bertz CT molecular complexity index is 786. The van der Waals surface area contributed by atoms with Crippen LogP contribution >= 0.6 is 0 Å². The summed E-state index contributed by atoms with van der Waals surface area (Å²) in [5.41, 5.74) is 2.63. The van der Waals surface area contributed by atoms with Crippen molar-refractivity contribution < 1.29 is 9.18 Å². The number of anilines is 1. The van der Waals surface area contributed by atoms with Gasteiger partial charge in [-0.2, -0.15) is 0 Å². The molecule has 2 N–H and O–H groups in total. The van der Waals surface area contributed by atoms with Gasteiger partial charge in [-0.3, -0.25) is 4.79 Å². The van der Waals surface area contributed by atoms with Crippen LogP contribution in [0.5, 0.6) is 0 Å². The lowest BCUT2D eigenvalue weighted by Gasteiger charge is -2.13. The van der Waals surface area contributed by atoms with Crippen LogP contribution in [0.15, 0.2) is 54.2 Å². The molecule has 1 aliphatic rings. The van der Waals surface area contributed by atoms with Gasteiger partial charge >= 0.3 is 0 Å². The van der Waals surface area contributed by atoms with Crippen LogP contribution in [0.3, 0.4) is 0 Å². The van der Waals surface area contributed by atoms with Gasteiger partial charge < -0.3 is 10.6 Å². The molecule has 4 nitrogen and oxygen atoms in total. The van der Waals surface area contributed by atoms with Gasteiger partial charge in [0.2, 0.25) is 0 Å². The first kappa shape index (κ1) is 19.1. The lowest BCUT2D eigenvalue weighted by Crippen LogP contribution is -2.26. The number of pyridine rings is 1. The largest absolute Gasteiger partial charge is 0.370 e. The number of carbonyl (C=O) groups excluding carboxylic acids is 1. The molecule has 0 unspecified atom stereocenters. The van der Waals surface area contributed by atoms with Gasteiger partial charge in [0.1, 0.15) is 11.6 Å². The smallest absolute Gasteiger partial charge is 0.252 e. The molecule has 0 aliphatic heterocycles. The highest BCUT2D eigenvalue weighted by Gasteiger charge is 2.07. The molecule has 1 heterocycles. The van der Waals surface area contributed by atoms with Crippen LogP contribution in [0.2, 0.25) is 0 Å². The van der Waals surface area contributed by atoms with Gasteiger partial charge in [0.25, 0.3) is 5.91 Å². The van der Waals surface area contributed by atoms with Crippen molar-refractivity contribution in [2.24, 2.45) is 0 Å². The normalized spacial score (nSPS) is 13.7. The predicted octanol–water partition coefficient (Wildman–Crippen LogP) is 4.50. The van der Waals surface area contributed by atoms with Gasteiger partial charge in [-0.15, -0.1) is 0 Å². The molecule has 142 valence electrons. The van der Waals surface area contributed by atoms with E-state index in [2.05, 4.69) is 21.7 Å². The summed E-state index contributed by atoms with van der Waals surface area (Å²) in [5, 5.41) is 6.11. The average Bonchev–Trinajstić information content (AvgIpc) is 2.71. The summed E-state index contributed by atoms with van der Waals surface area (Å²) >= 11 is 0. The van der Waals surface area contributed by atoms with Crippen LogP contribution in [-0.2, 0) is 6.42 Å². The molecule has 1 amide bonds. The highest BCUT2D eigenvalue weighted by molar-refractivity contribution is 5.94. The predicted molar refractivity (Wildman–Crippen MR) is 106 cm³/mol. The number of hydrogen-bond acceptors (Lipinski definition) is 3. The lowest BCUT2D eigenvalue weighted by atomic mass is 9.97. The zero-order chi connectivity index (χ0) is 18.9. The van der Waals surface area contributed by atoms with Gasteiger partial charge in [-0.25, -0.2) is 9.37 Å². The lowest BCUT2D eigenvalue weighted by molar-refractivity contribution is 0.0953. The minimum absolute atomic E-state index is 0.197. The van der Waals surface area contributed by atoms with E-state index in [4.69, 9.17) is 0 Å². The maximum atomic E-state index is 13.6. The van der Waals surface area contributed by atoms with E-state index in [0.717, 1.165) is 18.8 Å². The quantitative estimate of drug-likeness (QED) is 0.676. The molecular formula is C22H26FN3O. The Morgan fingerprint density at radius 3 is 2.70 bits per heavy atom. The summed E-state index contributed by atoms with van der Waals surface area (Å²) in [4.78, 5) is 16.5. The number of carbonyl (C=O) groups is 1. The molecule has 0 saturated heterocycles. The summed E-state index contributed by atoms with van der Waals surface area (Å²) < 4.78 is 13.6. The second-order valence-corrected chi connectivity index (χ2v) is 6.81. The highest BCUT2D eigenvalue weighted by atomic mass is 19.1. The minimum Gasteiger partial charge on any atom is -0.370 e. The molecule has 1 aromatic heterocycles. The Balaban J connectivity index is 1.41. The van der Waals surface area contributed by atoms with Crippen molar-refractivity contribution in [3.63, 3.8) is 0 Å². The van der Waals surface area contributed by atoms with E-state index in [0.29, 0.717) is 24.1 Å². The van der Waals surface area contributed by atoms with Gasteiger partial charge in [0.05, 0.1) is 5.56 Å². The fraction of sp³-hybridized carbons (Fsp3) is 0.364. The summed E-state index contributed by atoms with van der Waals surface area (Å²) in [6.45, 7) is 1.24. The summed E-state index contributed by atoms with van der Waals surface area (Å²) in [5.74, 6) is 0.333. The summed E-state index contributed by atoms with van der Waals surface area (Å²) in [6, 6.07) is 10.2. The molecule has 0 spiro atoms. The van der Waals surface area contributed by atoms with E-state index in [9.17, 15) is 9.18 Å². The molecule has 1 aromatic carbocycles. The molecule has 0 atom stereocenters. The number of benzene rings is 1. The van der Waals surface area contributed by atoms with Crippen molar-refractivity contribution in [1.82, 2.24) is 10.3 Å². The third kappa shape index (κ3) is 5.91. The second kappa shape index (κ2) is 9.86. The molecule has 3 rings (SSSR count). The number of hydrogen-bond donors (Lipinski definition) is 2. The molecule has 27 heavy (non-hydrogen) atoms. The van der Waals surface area contributed by atoms with Crippen LogP contribution in [0.4, 0.5) is 10.2 Å². The first-order chi connectivity index (χ1) is 13.2. The van der Waals surface area contributed by atoms with Crippen molar-refractivity contribution in [1.29, 1.82) is 0 Å². The molecule has 0 saturated carbocycles. The van der Waals surface area contributed by atoms with E-state index in [1.165, 1.54) is 37.3 Å². The number of amides is 1. The number of nitrogens with one attached hydrogen (secondary N) is 2. The zero-order valence-corrected chi connectivity index (χ0v) is 15.5. The topological polar surface area (TPSA) is 54.0 Å². The molecule has 0 radical (unpaired) electrons. The van der Waals surface area contributed by atoms with Crippen LogP contribution in [-0.4, -0.2) is 24.0 Å². The molecule has 2 aromatic rings. The highest BCUT2D eigenvalue weighted by Crippen LogP contribution is 2.20. The van der Waals surface area contributed by atoms with Crippen molar-refractivity contribution in [3.8, 4) is 0 Å². The average molecular weight is 367 g/mol. The standard InChI is InChI=1S/C22H26FN3O/c23-20-9-5-4-8-18(20)13-15-25-22(27)19-10-11-21(26-16-19)24-14-12-17-6-2-1-3-7-17/h4-6,8-11,16H,1-3,7,12-15H2,(H,24,26)(H,25,27). The Morgan fingerprint density at radius 1 is 1.07 bits per heavy atom. The van der Waals surface area contributed by atoms with Gasteiger partial charge in [0, 0.05) is 19.3 Å². The Labute approximate surface area is 159 Å². The molecule has 0 fully saturated rings. The van der Waals surface area contributed by atoms with Crippen molar-refractivity contribution in [2.45, 2.75) is 38.5 Å². The third-order valence-corrected chi connectivity index (χ3v) is 4.80. The molecular weight excluding hydrogens is 341 g/mol. The van der Waals surface area contributed by atoms with E-state index in [-0.39, 0.29) is 11.7 Å². The number of allylic oxidation sites excluding steroid dienone is 1. The minimum atomic E-state index is -0.243. The van der Waals surface area contributed by atoms with Crippen LogP contribution in [0, 0.1) is 5.82 Å². The summed E-state index contributed by atoms with van der Waals surface area (Å²) in [6.07, 6.45) is 10.4. The Hall–Kier alpha value is -2.69. The van der Waals surface area contributed by atoms with E-state index < -0.39 is 0 Å². The Kier molecular flexibility index (Phi) is 6.97. The fourth-order valence-corrected chi connectivity index (χ4v) is 3.23. The first-order valence-corrected chi connectivity index (χ1v) is 9.62. The molecule has 0 bridgehead atoms. The van der Waals surface area contributed by atoms with E-state index in [1.54, 1.807) is 30.5 Å². The maximum Gasteiger partial charge on any atom is 0.252 e. The first-order valence-electron chi connectivity index (χ1n) is 9.62. The third-order valence-electron chi connectivity index (χ3n) is 4.80. The maximum absolute atomic E-state index is 13.6. The van der Waals surface area contributed by atoms with Crippen molar-refractivity contribution in [3.05, 3.63) is 71.2 Å². The van der Waals surface area contributed by atoms with Gasteiger partial charge in [-0.05, 0) is 62.3 Å². The van der Waals surface area contributed by atoms with Gasteiger partial charge in [0.15, 0.2) is 0 Å². The molecule has 5 heteroatoms. The summed E-state index contributed by atoms with van der Waals surface area (Å²) in [7, 11) is 0. The van der Waals surface area contributed by atoms with Crippen LogP contribution < -0.4 is 10.6 Å². The number of halogens is 1. The van der Waals surface area contributed by atoms with E-state index in [1.807, 2.05) is 6.07 Å². The SMILES string of the molecule is O=C(NCCc1ccccc1F)c1ccc(NCCC2=CCCCC2)nc1. The van der Waals surface area contributed by atoms with Crippen molar-refractivity contribution >= 4 is 11.7 Å². The van der Waals surface area contributed by atoms with Crippen LogP contribution in [0.25, 0.3) is 0 Å². The van der Waals surface area contributed by atoms with Crippen molar-refractivity contribution in [2.75, 3.05) is 18.4 Å². The zero-order valence-electron chi connectivity index (χ0n) is 15.5. The Morgan fingerprint density at radius 2 is 1.96 bits per heavy atom. The number of nitrogens with zero attached hydrogens (tertiary/aromatic N) is 1. The number of aromatic nitrogens is 1. The van der Waals surface area contributed by atoms with Crippen LogP contribution in [0.1, 0.15) is 48.0 Å². The molecule has 1 aliphatic carbocycles. The monoisotopic (exact) mass is 367 g/mol.